The van der Waals surface area contributed by atoms with Gasteiger partial charge in [0, 0.05) is 55.9 Å². The minimum Gasteiger partial charge on any atom is -0.466 e. The van der Waals surface area contributed by atoms with Crippen LogP contribution in [-0.2, 0) is 63.8 Å². The molecule has 0 aliphatic heterocycles. The average molecular weight is 931 g/mol. The molecule has 0 aliphatic rings. The summed E-state index contributed by atoms with van der Waals surface area (Å²) in [5.74, 6) is -2.71. The van der Waals surface area contributed by atoms with Gasteiger partial charge in [0.25, 0.3) is 5.69 Å². The lowest BCUT2D eigenvalue weighted by molar-refractivity contribution is -0.384. The van der Waals surface area contributed by atoms with Crippen LogP contribution in [0.1, 0.15) is 58.4 Å². The van der Waals surface area contributed by atoms with E-state index in [1.54, 1.807) is 38.1 Å². The van der Waals surface area contributed by atoms with Gasteiger partial charge >= 0.3 is 12.1 Å². The fourth-order valence-electron chi connectivity index (χ4n) is 5.34. The monoisotopic (exact) mass is 930 g/mol. The third-order valence-corrected chi connectivity index (χ3v) is 8.95. The van der Waals surface area contributed by atoms with Gasteiger partial charge in [0.05, 0.1) is 64.9 Å². The summed E-state index contributed by atoms with van der Waals surface area (Å²) in [5.41, 5.74) is 0.851. The number of ether oxygens (including phenoxy) is 7. The molecule has 0 bridgehead atoms. The average Bonchev–Trinajstić information content (AvgIpc) is 3.29. The quantitative estimate of drug-likeness (QED) is 0.0172. The van der Waals surface area contributed by atoms with Gasteiger partial charge in [-0.2, -0.15) is 0 Å². The van der Waals surface area contributed by atoms with Crippen LogP contribution in [0.3, 0.4) is 0 Å². The zero-order valence-corrected chi connectivity index (χ0v) is 37.8. The number of unbranched alkanes of at least 4 members (excludes halogenated alkanes) is 2. The van der Waals surface area contributed by atoms with Crippen molar-refractivity contribution < 1.29 is 71.6 Å². The van der Waals surface area contributed by atoms with Crippen molar-refractivity contribution in [3.05, 3.63) is 76.4 Å². The van der Waals surface area contributed by atoms with Crippen LogP contribution in [0.25, 0.3) is 0 Å². The molecule has 2 aromatic rings. The van der Waals surface area contributed by atoms with E-state index in [0.717, 1.165) is 18.6 Å². The minimum absolute atomic E-state index is 0.00433. The van der Waals surface area contributed by atoms with E-state index in [4.69, 9.17) is 28.4 Å². The number of hydrogen-bond donors (Lipinski definition) is 5. The summed E-state index contributed by atoms with van der Waals surface area (Å²) in [6.07, 6.45) is 3.66. The fraction of sp³-hybridized carbons (Fsp3) is 0.523. The summed E-state index contributed by atoms with van der Waals surface area (Å²) in [6.45, 7) is 8.07. The molecule has 5 N–H and O–H groups in total. The number of benzene rings is 2. The van der Waals surface area contributed by atoms with Crippen LogP contribution in [0.15, 0.2) is 60.7 Å². The maximum Gasteiger partial charge on any atom is 0.514 e. The van der Waals surface area contributed by atoms with E-state index < -0.39 is 46.9 Å². The lowest BCUT2D eigenvalue weighted by Gasteiger charge is -2.24. The van der Waals surface area contributed by atoms with Gasteiger partial charge in [0.2, 0.25) is 29.5 Å². The summed E-state index contributed by atoms with van der Waals surface area (Å²) in [6, 6.07) is 9.47. The molecule has 2 aromatic carbocycles. The van der Waals surface area contributed by atoms with Gasteiger partial charge in [0.1, 0.15) is 24.4 Å². The van der Waals surface area contributed by atoms with Crippen molar-refractivity contribution in [1.29, 1.82) is 0 Å². The van der Waals surface area contributed by atoms with E-state index in [1.165, 1.54) is 38.3 Å². The van der Waals surface area contributed by atoms with Crippen molar-refractivity contribution in [1.82, 2.24) is 21.3 Å². The highest BCUT2D eigenvalue weighted by Gasteiger charge is 2.27. The molecular formula is C44H62N6O16. The number of nitro groups is 1. The van der Waals surface area contributed by atoms with Crippen LogP contribution in [0.5, 0.6) is 5.75 Å². The Hall–Kier alpha value is -6.49. The van der Waals surface area contributed by atoms with Gasteiger partial charge in [-0.05, 0) is 55.5 Å². The van der Waals surface area contributed by atoms with Crippen LogP contribution in [0.4, 0.5) is 16.2 Å². The predicted octanol–water partition coefficient (Wildman–Crippen LogP) is 2.87. The summed E-state index contributed by atoms with van der Waals surface area (Å²) < 4.78 is 36.4. The van der Waals surface area contributed by atoms with Crippen LogP contribution < -0.4 is 31.3 Å². The van der Waals surface area contributed by atoms with Crippen LogP contribution in [0, 0.1) is 16.0 Å². The minimum atomic E-state index is -1.01. The number of nitrogens with zero attached hydrogens (tertiary/aromatic N) is 1. The van der Waals surface area contributed by atoms with Gasteiger partial charge < -0.3 is 59.7 Å². The molecule has 66 heavy (non-hydrogen) atoms. The molecular weight excluding hydrogens is 869 g/mol. The molecule has 0 aliphatic carbocycles. The number of hydrogen-bond acceptors (Lipinski definition) is 16. The molecule has 0 fully saturated rings. The van der Waals surface area contributed by atoms with Crippen molar-refractivity contribution in [3.8, 4) is 5.75 Å². The molecule has 0 spiro atoms. The number of methoxy groups -OCH3 is 1. The van der Waals surface area contributed by atoms with Gasteiger partial charge in [-0.15, -0.1) is 0 Å². The Morgan fingerprint density at radius 1 is 0.667 bits per heavy atom. The smallest absolute Gasteiger partial charge is 0.466 e. The van der Waals surface area contributed by atoms with Crippen LogP contribution in [-0.4, -0.2) is 132 Å². The standard InChI is InChI=1S/C44H62N6O16/c1-31(2)41(43(56)47-32(3)42(55)48-34-11-9-33(10-12-34)30-65-44(57)66-36-15-13-35(14-16-36)50(58)59)49-39(53)19-22-61-24-26-63-28-29-64-27-25-62-23-21-46-37(51)8-6-5-7-20-45-38(52)17-18-40(54)60-4/h9-18,31-32,41H,5-8,19-30H2,1-4H3,(H,45,52)(H,46,51)(H,47,56)(H,48,55)(H,49,53)/b18-17-/t32-,41?/m0/s1. The highest BCUT2D eigenvalue weighted by Crippen LogP contribution is 2.18. The van der Waals surface area contributed by atoms with Crippen LogP contribution >= 0.6 is 0 Å². The number of carbonyl (C=O) groups excluding carboxylic acids is 7. The van der Waals surface area contributed by atoms with Crippen molar-refractivity contribution in [2.75, 3.05) is 78.4 Å². The number of non-ortho nitro benzene ring substituents is 1. The molecule has 0 saturated carbocycles. The molecule has 1 unspecified atom stereocenters. The molecule has 2 rings (SSSR count). The second kappa shape index (κ2) is 33.1. The number of anilines is 1. The Morgan fingerprint density at radius 2 is 1.29 bits per heavy atom. The number of esters is 1. The molecule has 0 saturated heterocycles. The number of carbonyl (C=O) groups is 7. The molecule has 2 atom stereocenters. The highest BCUT2D eigenvalue weighted by molar-refractivity contribution is 5.98. The molecule has 0 aromatic heterocycles. The first-order chi connectivity index (χ1) is 31.7. The summed E-state index contributed by atoms with van der Waals surface area (Å²) in [7, 11) is 1.23. The molecule has 364 valence electrons. The van der Waals surface area contributed by atoms with Crippen LogP contribution in [0.2, 0.25) is 0 Å². The van der Waals surface area contributed by atoms with Gasteiger partial charge in [-0.1, -0.05) is 32.4 Å². The second-order valence-electron chi connectivity index (χ2n) is 14.6. The number of rotatable bonds is 33. The van der Waals surface area contributed by atoms with E-state index in [0.29, 0.717) is 76.6 Å². The highest BCUT2D eigenvalue weighted by atomic mass is 16.7. The van der Waals surface area contributed by atoms with E-state index in [2.05, 4.69) is 31.3 Å². The third kappa shape index (κ3) is 25.7. The van der Waals surface area contributed by atoms with E-state index >= 15 is 0 Å². The van der Waals surface area contributed by atoms with Crippen molar-refractivity contribution in [3.63, 3.8) is 0 Å². The van der Waals surface area contributed by atoms with Crippen molar-refractivity contribution in [2.24, 2.45) is 5.92 Å². The van der Waals surface area contributed by atoms with Crippen molar-refractivity contribution in [2.45, 2.75) is 71.6 Å². The van der Waals surface area contributed by atoms with Gasteiger partial charge in [-0.25, -0.2) is 9.59 Å². The topological polar surface area (TPSA) is 287 Å². The number of nitro benzene ring substituents is 1. The Balaban J connectivity index is 1.47. The first kappa shape index (κ1) is 55.6. The van der Waals surface area contributed by atoms with E-state index in [1.807, 2.05) is 0 Å². The molecule has 22 heteroatoms. The van der Waals surface area contributed by atoms with E-state index in [9.17, 15) is 43.7 Å². The molecule has 5 amide bonds. The predicted molar refractivity (Wildman–Crippen MR) is 237 cm³/mol. The Morgan fingerprint density at radius 3 is 1.89 bits per heavy atom. The fourth-order valence-corrected chi connectivity index (χ4v) is 5.34. The van der Waals surface area contributed by atoms with Crippen molar-refractivity contribution >= 4 is 53.0 Å². The lowest BCUT2D eigenvalue weighted by Crippen LogP contribution is -2.53. The number of nitrogens with one attached hydrogen (secondary N) is 5. The normalized spacial score (nSPS) is 11.8. The Bertz CT molecular complexity index is 1860. The SMILES string of the molecule is COC(=O)/C=C\C(=O)NCCCCCC(=O)NCCOCCOCCOCCOCCC(=O)NC(C(=O)N[C@@H](C)C(=O)Nc1ccc(COC(=O)Oc2ccc([N+](=O)[O-])cc2)cc1)C(C)C. The Labute approximate surface area is 383 Å². The summed E-state index contributed by atoms with van der Waals surface area (Å²) >= 11 is 0. The van der Waals surface area contributed by atoms with Gasteiger partial charge in [-0.3, -0.25) is 34.1 Å². The Kier molecular flexibility index (Phi) is 27.9. The molecule has 22 nitrogen and oxygen atoms in total. The first-order valence-electron chi connectivity index (χ1n) is 21.4. The maximum atomic E-state index is 13.1. The zero-order chi connectivity index (χ0) is 48.5. The summed E-state index contributed by atoms with van der Waals surface area (Å²) in [4.78, 5) is 95.2. The third-order valence-electron chi connectivity index (χ3n) is 8.95. The zero-order valence-electron chi connectivity index (χ0n) is 37.8. The largest absolute Gasteiger partial charge is 0.514 e. The molecule has 0 heterocycles. The van der Waals surface area contributed by atoms with Gasteiger partial charge in [0.15, 0.2) is 0 Å². The number of amides is 5. The van der Waals surface area contributed by atoms with E-state index in [-0.39, 0.29) is 62.0 Å². The molecule has 0 radical (unpaired) electrons. The summed E-state index contributed by atoms with van der Waals surface area (Å²) in [5, 5.41) is 24.2. The lowest BCUT2D eigenvalue weighted by atomic mass is 10.0. The first-order valence-corrected chi connectivity index (χ1v) is 21.4. The second-order valence-corrected chi connectivity index (χ2v) is 14.6. The maximum absolute atomic E-state index is 13.1.